The first kappa shape index (κ1) is 12.9. The van der Waals surface area contributed by atoms with Gasteiger partial charge in [-0.25, -0.2) is 0 Å². The van der Waals surface area contributed by atoms with Gasteiger partial charge in [0.15, 0.2) is 0 Å². The summed E-state index contributed by atoms with van der Waals surface area (Å²) in [5, 5.41) is 3.39. The molecule has 0 saturated carbocycles. The van der Waals surface area contributed by atoms with Crippen molar-refractivity contribution in [3.05, 3.63) is 29.8 Å². The maximum atomic E-state index is 5.66. The van der Waals surface area contributed by atoms with E-state index in [4.69, 9.17) is 4.74 Å². The highest BCUT2D eigenvalue weighted by molar-refractivity contribution is 7.99. The molecule has 0 aliphatic carbocycles. The summed E-state index contributed by atoms with van der Waals surface area (Å²) >= 11 is 1.93. The van der Waals surface area contributed by atoms with Crippen LogP contribution in [0.5, 0.6) is 0 Å². The van der Waals surface area contributed by atoms with Crippen molar-refractivity contribution in [1.82, 2.24) is 5.32 Å². The lowest BCUT2D eigenvalue weighted by Crippen LogP contribution is -2.13. The van der Waals surface area contributed by atoms with Crippen LogP contribution in [0.2, 0.25) is 0 Å². The first-order chi connectivity index (χ1) is 8.40. The van der Waals surface area contributed by atoms with E-state index in [9.17, 15) is 0 Å². The summed E-state index contributed by atoms with van der Waals surface area (Å²) in [6, 6.07) is 8.66. The summed E-state index contributed by atoms with van der Waals surface area (Å²) in [6.45, 7) is 5.07. The van der Waals surface area contributed by atoms with Crippen molar-refractivity contribution >= 4 is 11.8 Å². The predicted molar refractivity (Wildman–Crippen MR) is 73.5 cm³/mol. The standard InChI is InChI=1S/C14H21NOS/c1-2-15-10-12-6-3-4-8-14(12)17-11-13-7-5-9-16-13/h3-4,6,8,13,15H,2,5,7,9-11H2,1H3. The molecule has 1 unspecified atom stereocenters. The zero-order valence-corrected chi connectivity index (χ0v) is 11.3. The second-order valence-corrected chi connectivity index (χ2v) is 5.40. The van der Waals surface area contributed by atoms with Gasteiger partial charge in [-0.15, -0.1) is 11.8 Å². The molecule has 1 aliphatic heterocycles. The summed E-state index contributed by atoms with van der Waals surface area (Å²) in [6.07, 6.45) is 2.92. The number of thioether (sulfide) groups is 1. The average molecular weight is 251 g/mol. The van der Waals surface area contributed by atoms with Crippen LogP contribution in [0.15, 0.2) is 29.2 Å². The van der Waals surface area contributed by atoms with Gasteiger partial charge in [-0.05, 0) is 31.0 Å². The molecule has 0 aromatic heterocycles. The van der Waals surface area contributed by atoms with Gasteiger partial charge in [0.1, 0.15) is 0 Å². The van der Waals surface area contributed by atoms with Gasteiger partial charge in [0.2, 0.25) is 0 Å². The third kappa shape index (κ3) is 4.02. The van der Waals surface area contributed by atoms with E-state index in [-0.39, 0.29) is 0 Å². The SMILES string of the molecule is CCNCc1ccccc1SCC1CCCO1. The highest BCUT2D eigenvalue weighted by Gasteiger charge is 2.16. The molecule has 0 bridgehead atoms. The predicted octanol–water partition coefficient (Wildman–Crippen LogP) is 3.07. The Morgan fingerprint density at radius 3 is 3.06 bits per heavy atom. The zero-order valence-electron chi connectivity index (χ0n) is 10.4. The lowest BCUT2D eigenvalue weighted by Gasteiger charge is -2.12. The number of nitrogens with one attached hydrogen (secondary N) is 1. The van der Waals surface area contributed by atoms with Crippen molar-refractivity contribution in [2.24, 2.45) is 0 Å². The fraction of sp³-hybridized carbons (Fsp3) is 0.571. The van der Waals surface area contributed by atoms with E-state index in [0.29, 0.717) is 6.10 Å². The molecule has 2 nitrogen and oxygen atoms in total. The Labute approximate surface area is 108 Å². The molecular weight excluding hydrogens is 230 g/mol. The smallest absolute Gasteiger partial charge is 0.0669 e. The summed E-state index contributed by atoms with van der Waals surface area (Å²) in [5.41, 5.74) is 1.40. The number of ether oxygens (including phenoxy) is 1. The van der Waals surface area contributed by atoms with E-state index >= 15 is 0 Å². The normalized spacial score (nSPS) is 19.7. The summed E-state index contributed by atoms with van der Waals surface area (Å²) < 4.78 is 5.66. The van der Waals surface area contributed by atoms with Crippen molar-refractivity contribution in [1.29, 1.82) is 0 Å². The monoisotopic (exact) mass is 251 g/mol. The molecule has 94 valence electrons. The minimum absolute atomic E-state index is 0.465. The van der Waals surface area contributed by atoms with Crippen LogP contribution in [-0.4, -0.2) is 25.0 Å². The molecule has 0 radical (unpaired) electrons. The number of hydrogen-bond donors (Lipinski definition) is 1. The van der Waals surface area contributed by atoms with Gasteiger partial charge in [-0.2, -0.15) is 0 Å². The molecular formula is C14H21NOS. The van der Waals surface area contributed by atoms with Gasteiger partial charge in [0.25, 0.3) is 0 Å². The molecule has 3 heteroatoms. The topological polar surface area (TPSA) is 21.3 Å². The Morgan fingerprint density at radius 2 is 2.29 bits per heavy atom. The van der Waals surface area contributed by atoms with E-state index in [1.807, 2.05) is 11.8 Å². The summed E-state index contributed by atoms with van der Waals surface area (Å²) in [7, 11) is 0. The molecule has 1 fully saturated rings. The molecule has 0 amide bonds. The quantitative estimate of drug-likeness (QED) is 0.785. The van der Waals surface area contributed by atoms with Gasteiger partial charge in [-0.3, -0.25) is 0 Å². The fourth-order valence-electron chi connectivity index (χ4n) is 2.01. The van der Waals surface area contributed by atoms with E-state index in [0.717, 1.165) is 25.4 Å². The minimum Gasteiger partial charge on any atom is -0.377 e. The Balaban J connectivity index is 1.89. The molecule has 1 heterocycles. The van der Waals surface area contributed by atoms with Crippen molar-refractivity contribution in [2.75, 3.05) is 18.9 Å². The Morgan fingerprint density at radius 1 is 1.41 bits per heavy atom. The zero-order chi connectivity index (χ0) is 11.9. The Bertz CT molecular complexity index is 337. The maximum Gasteiger partial charge on any atom is 0.0669 e. The largest absolute Gasteiger partial charge is 0.377 e. The van der Waals surface area contributed by atoms with Crippen LogP contribution >= 0.6 is 11.8 Å². The van der Waals surface area contributed by atoms with Crippen LogP contribution in [-0.2, 0) is 11.3 Å². The summed E-state index contributed by atoms with van der Waals surface area (Å²) in [5.74, 6) is 1.09. The fourth-order valence-corrected chi connectivity index (χ4v) is 3.14. The van der Waals surface area contributed by atoms with E-state index in [1.54, 1.807) is 0 Å². The second kappa shape index (κ2) is 7.04. The number of rotatable bonds is 6. The van der Waals surface area contributed by atoms with Crippen molar-refractivity contribution in [3.63, 3.8) is 0 Å². The highest BCUT2D eigenvalue weighted by Crippen LogP contribution is 2.26. The highest BCUT2D eigenvalue weighted by atomic mass is 32.2. The minimum atomic E-state index is 0.465. The molecule has 1 atom stereocenters. The van der Waals surface area contributed by atoms with Gasteiger partial charge in [-0.1, -0.05) is 25.1 Å². The van der Waals surface area contributed by atoms with Crippen LogP contribution in [0.1, 0.15) is 25.3 Å². The van der Waals surface area contributed by atoms with Gasteiger partial charge >= 0.3 is 0 Å². The second-order valence-electron chi connectivity index (χ2n) is 4.33. The third-order valence-electron chi connectivity index (χ3n) is 2.99. The van der Waals surface area contributed by atoms with Crippen LogP contribution in [0.3, 0.4) is 0 Å². The van der Waals surface area contributed by atoms with Crippen LogP contribution in [0.4, 0.5) is 0 Å². The van der Waals surface area contributed by atoms with Crippen molar-refractivity contribution < 1.29 is 4.74 Å². The average Bonchev–Trinajstić information content (AvgIpc) is 2.88. The molecule has 1 aromatic rings. The van der Waals surface area contributed by atoms with Crippen LogP contribution < -0.4 is 5.32 Å². The number of benzene rings is 1. The molecule has 17 heavy (non-hydrogen) atoms. The van der Waals surface area contributed by atoms with Crippen LogP contribution in [0, 0.1) is 0 Å². The van der Waals surface area contributed by atoms with Crippen LogP contribution in [0.25, 0.3) is 0 Å². The molecule has 1 aliphatic rings. The van der Waals surface area contributed by atoms with Gasteiger partial charge in [0, 0.05) is 23.8 Å². The number of hydrogen-bond acceptors (Lipinski definition) is 3. The Kier molecular flexibility index (Phi) is 5.36. The molecule has 1 N–H and O–H groups in total. The maximum absolute atomic E-state index is 5.66. The molecule has 1 aromatic carbocycles. The molecule has 0 spiro atoms. The lowest BCUT2D eigenvalue weighted by molar-refractivity contribution is 0.129. The Hall–Kier alpha value is -0.510. The van der Waals surface area contributed by atoms with E-state index in [1.165, 1.54) is 23.3 Å². The van der Waals surface area contributed by atoms with E-state index in [2.05, 4.69) is 36.5 Å². The first-order valence-corrected chi connectivity index (χ1v) is 7.41. The first-order valence-electron chi connectivity index (χ1n) is 6.43. The van der Waals surface area contributed by atoms with Crippen molar-refractivity contribution in [2.45, 2.75) is 37.3 Å². The van der Waals surface area contributed by atoms with E-state index < -0.39 is 0 Å². The third-order valence-corrected chi connectivity index (χ3v) is 4.23. The van der Waals surface area contributed by atoms with Crippen molar-refractivity contribution in [3.8, 4) is 0 Å². The molecule has 1 saturated heterocycles. The van der Waals surface area contributed by atoms with Gasteiger partial charge < -0.3 is 10.1 Å². The molecule has 2 rings (SSSR count). The summed E-state index contributed by atoms with van der Waals surface area (Å²) in [4.78, 5) is 1.39. The lowest BCUT2D eigenvalue weighted by atomic mass is 10.2. The van der Waals surface area contributed by atoms with Gasteiger partial charge in [0.05, 0.1) is 6.10 Å².